The van der Waals surface area contributed by atoms with Crippen LogP contribution in [0.3, 0.4) is 0 Å². The summed E-state index contributed by atoms with van der Waals surface area (Å²) in [5.41, 5.74) is 1.23. The lowest BCUT2D eigenvalue weighted by atomic mass is 10.4. The van der Waals surface area contributed by atoms with E-state index >= 15 is 0 Å². The van der Waals surface area contributed by atoms with Crippen molar-refractivity contribution in [2.24, 2.45) is 4.99 Å². The van der Waals surface area contributed by atoms with Crippen molar-refractivity contribution in [2.45, 2.75) is 54.9 Å². The third-order valence-electron chi connectivity index (χ3n) is 0.482. The Morgan fingerprint density at radius 2 is 1.50 bits per heavy atom. The van der Waals surface area contributed by atoms with E-state index in [1.165, 1.54) is 12.0 Å². The summed E-state index contributed by atoms with van der Waals surface area (Å²) in [4.78, 5) is 3.88. The largest absolute Gasteiger partial charge is 0.269 e. The van der Waals surface area contributed by atoms with Gasteiger partial charge in [-0.15, -0.1) is 0 Å². The molecule has 0 N–H and O–H groups in total. The van der Waals surface area contributed by atoms with Crippen molar-refractivity contribution in [1.29, 1.82) is 0 Å². The normalized spacial score (nSPS) is 7.58. The lowest BCUT2D eigenvalue weighted by molar-refractivity contribution is 1.09. The Morgan fingerprint density at radius 3 is 1.58 bits per heavy atom. The number of hydrogen-bond donors (Lipinski definition) is 0. The highest BCUT2D eigenvalue weighted by Crippen LogP contribution is 1.85. The van der Waals surface area contributed by atoms with Crippen LogP contribution in [0.5, 0.6) is 0 Å². The molecule has 0 rings (SSSR count). The molecule has 0 fully saturated rings. The lowest BCUT2D eigenvalue weighted by Crippen LogP contribution is -1.59. The fourth-order valence-corrected chi connectivity index (χ4v) is 0.224. The number of hydrogen-bond acceptors (Lipinski definition) is 1. The molecule has 0 aliphatic rings. The fraction of sp³-hybridized carbons (Fsp3) is 0.727. The zero-order chi connectivity index (χ0) is 10.4. The second-order valence-electron chi connectivity index (χ2n) is 2.32. The molecule has 0 aromatic heterocycles. The smallest absolute Gasteiger partial charge is 0.0250 e. The van der Waals surface area contributed by atoms with Crippen molar-refractivity contribution >= 4 is 6.21 Å². The number of rotatable bonds is 1. The molecule has 1 nitrogen and oxygen atoms in total. The average molecular weight is 171 g/mol. The van der Waals surface area contributed by atoms with Crippen LogP contribution in [0.25, 0.3) is 0 Å². The number of allylic oxidation sites excluding steroid dienone is 1. The lowest BCUT2D eigenvalue weighted by Gasteiger charge is -1.78. The molecule has 0 aromatic rings. The van der Waals surface area contributed by atoms with Gasteiger partial charge in [0, 0.05) is 12.4 Å². The third-order valence-corrected chi connectivity index (χ3v) is 0.482. The maximum Gasteiger partial charge on any atom is 0.0250 e. The molecule has 0 unspecified atom stereocenters. The van der Waals surface area contributed by atoms with E-state index in [9.17, 15) is 0 Å². The van der Waals surface area contributed by atoms with Crippen molar-refractivity contribution < 1.29 is 0 Å². The maximum absolute atomic E-state index is 3.88. The van der Waals surface area contributed by atoms with Gasteiger partial charge in [0.25, 0.3) is 0 Å². The molecule has 0 aliphatic heterocycles. The van der Waals surface area contributed by atoms with Gasteiger partial charge in [0.2, 0.25) is 0 Å². The minimum atomic E-state index is 1.23. The highest BCUT2D eigenvalue weighted by atomic mass is 14.7. The van der Waals surface area contributed by atoms with Crippen LogP contribution in [0.4, 0.5) is 0 Å². The maximum atomic E-state index is 3.88. The quantitative estimate of drug-likeness (QED) is 0.517. The Morgan fingerprint density at radius 1 is 1.17 bits per heavy atom. The first-order chi connectivity index (χ1) is 5.68. The highest BCUT2D eigenvalue weighted by molar-refractivity contribution is 5.54. The highest BCUT2D eigenvalue weighted by Gasteiger charge is 1.66. The summed E-state index contributed by atoms with van der Waals surface area (Å²) in [7, 11) is 0. The van der Waals surface area contributed by atoms with Crippen molar-refractivity contribution in [3.05, 3.63) is 11.8 Å². The van der Waals surface area contributed by atoms with E-state index < -0.39 is 0 Å². The predicted molar refractivity (Wildman–Crippen MR) is 60.9 cm³/mol. The van der Waals surface area contributed by atoms with Gasteiger partial charge in [-0.3, -0.25) is 4.99 Å². The molecule has 0 radical (unpaired) electrons. The fourth-order valence-electron chi connectivity index (χ4n) is 0.224. The van der Waals surface area contributed by atoms with E-state index in [-0.39, 0.29) is 0 Å². The Labute approximate surface area is 78.6 Å². The molecule has 1 heteroatoms. The van der Waals surface area contributed by atoms with Gasteiger partial charge >= 0.3 is 0 Å². The van der Waals surface area contributed by atoms with Gasteiger partial charge in [0.05, 0.1) is 0 Å². The Bertz CT molecular complexity index is 97.6. The molecule has 0 spiro atoms. The minimum Gasteiger partial charge on any atom is -0.269 e. The summed E-state index contributed by atoms with van der Waals surface area (Å²) in [5, 5.41) is 0. The van der Waals surface area contributed by atoms with Crippen LogP contribution in [0.1, 0.15) is 54.9 Å². The van der Waals surface area contributed by atoms with Crippen molar-refractivity contribution in [3.63, 3.8) is 0 Å². The molecule has 0 atom stereocenters. The summed E-state index contributed by atoms with van der Waals surface area (Å²) < 4.78 is 0. The molecule has 0 amide bonds. The predicted octanol–water partition coefficient (Wildman–Crippen LogP) is 4.44. The first-order valence-electron chi connectivity index (χ1n) is 4.80. The zero-order valence-electron chi connectivity index (χ0n) is 9.81. The van der Waals surface area contributed by atoms with E-state index in [4.69, 9.17) is 0 Å². The molecule has 0 bridgehead atoms. The summed E-state index contributed by atoms with van der Waals surface area (Å²) in [6, 6.07) is 0. The first-order valence-corrected chi connectivity index (χ1v) is 4.80. The first kappa shape index (κ1) is 17.5. The van der Waals surface area contributed by atoms with Crippen LogP contribution in [-0.4, -0.2) is 6.21 Å². The second kappa shape index (κ2) is 22.4. The molecule has 12 heavy (non-hydrogen) atoms. The zero-order valence-corrected chi connectivity index (χ0v) is 9.81. The van der Waals surface area contributed by atoms with E-state index in [1.54, 1.807) is 6.21 Å². The SMILES string of the molecule is CC.CC=NC=C(C)C.CCC. The van der Waals surface area contributed by atoms with Gasteiger partial charge in [-0.05, 0) is 20.8 Å². The second-order valence-corrected chi connectivity index (χ2v) is 2.32. The molecule has 0 heterocycles. The van der Waals surface area contributed by atoms with E-state index in [1.807, 2.05) is 40.8 Å². The van der Waals surface area contributed by atoms with E-state index in [0.717, 1.165) is 0 Å². The van der Waals surface area contributed by atoms with Gasteiger partial charge in [-0.2, -0.15) is 0 Å². The van der Waals surface area contributed by atoms with Gasteiger partial charge in [-0.1, -0.05) is 39.7 Å². The topological polar surface area (TPSA) is 12.4 Å². The summed E-state index contributed by atoms with van der Waals surface area (Å²) in [6.07, 6.45) is 4.85. The monoisotopic (exact) mass is 171 g/mol. The molecule has 0 aromatic carbocycles. The van der Waals surface area contributed by atoms with Gasteiger partial charge in [-0.25, -0.2) is 0 Å². The molecular weight excluding hydrogens is 146 g/mol. The molecule has 74 valence electrons. The number of nitrogens with zero attached hydrogens (tertiary/aromatic N) is 1. The summed E-state index contributed by atoms with van der Waals surface area (Å²) >= 11 is 0. The Kier molecular flexibility index (Phi) is 32.7. The van der Waals surface area contributed by atoms with Crippen molar-refractivity contribution in [3.8, 4) is 0 Å². The van der Waals surface area contributed by atoms with Crippen LogP contribution < -0.4 is 0 Å². The Hall–Kier alpha value is -0.590. The van der Waals surface area contributed by atoms with E-state index in [0.29, 0.717) is 0 Å². The van der Waals surface area contributed by atoms with Crippen LogP contribution in [0, 0.1) is 0 Å². The number of aliphatic imine (C=N–C) groups is 1. The van der Waals surface area contributed by atoms with Gasteiger partial charge in [0.15, 0.2) is 0 Å². The van der Waals surface area contributed by atoms with Crippen LogP contribution in [0.2, 0.25) is 0 Å². The summed E-state index contributed by atoms with van der Waals surface area (Å²) in [5.74, 6) is 0. The van der Waals surface area contributed by atoms with Crippen molar-refractivity contribution in [1.82, 2.24) is 0 Å². The van der Waals surface area contributed by atoms with Crippen LogP contribution >= 0.6 is 0 Å². The molecule has 0 saturated carbocycles. The van der Waals surface area contributed by atoms with Crippen LogP contribution in [0.15, 0.2) is 16.8 Å². The van der Waals surface area contributed by atoms with Gasteiger partial charge in [0.1, 0.15) is 0 Å². The molecule has 0 aliphatic carbocycles. The standard InChI is InChI=1S/C6H11N.C3H8.C2H6/c1-4-7-5-6(2)3;1-3-2;1-2/h4-5H,1-3H3;3H2,1-2H3;1-2H3. The summed E-state index contributed by atoms with van der Waals surface area (Å²) in [6.45, 7) is 14.2. The molecule has 0 saturated heterocycles. The van der Waals surface area contributed by atoms with Crippen molar-refractivity contribution in [2.75, 3.05) is 0 Å². The van der Waals surface area contributed by atoms with Gasteiger partial charge < -0.3 is 0 Å². The average Bonchev–Trinajstić information content (AvgIpc) is 2.06. The van der Waals surface area contributed by atoms with Crippen LogP contribution in [-0.2, 0) is 0 Å². The third kappa shape index (κ3) is 57.2. The molecular formula is C11H25N. The Balaban J connectivity index is -0.000000137. The van der Waals surface area contributed by atoms with E-state index in [2.05, 4.69) is 18.8 Å². The minimum absolute atomic E-state index is 1.23.